The number of hydrogen-bond donors (Lipinski definition) is 1. The van der Waals surface area contributed by atoms with Gasteiger partial charge in [0.2, 0.25) is 5.91 Å². The van der Waals surface area contributed by atoms with Crippen LogP contribution in [0.3, 0.4) is 0 Å². The van der Waals surface area contributed by atoms with Crippen LogP contribution in [-0.4, -0.2) is 24.6 Å². The van der Waals surface area contributed by atoms with Gasteiger partial charge in [0, 0.05) is 6.08 Å². The summed E-state index contributed by atoms with van der Waals surface area (Å²) < 4.78 is 11.9. The van der Waals surface area contributed by atoms with E-state index in [0.717, 1.165) is 22.2 Å². The molecule has 0 saturated heterocycles. The van der Waals surface area contributed by atoms with E-state index in [4.69, 9.17) is 9.47 Å². The van der Waals surface area contributed by atoms with Crippen LogP contribution in [0, 0.1) is 0 Å². The lowest BCUT2D eigenvalue weighted by molar-refractivity contribution is -0.111. The van der Waals surface area contributed by atoms with Crippen molar-refractivity contribution in [1.82, 2.24) is 4.98 Å². The van der Waals surface area contributed by atoms with Gasteiger partial charge in [-0.15, -0.1) is 0 Å². The molecule has 0 aliphatic carbocycles. The van der Waals surface area contributed by atoms with Crippen molar-refractivity contribution in [3.05, 3.63) is 53.6 Å². The van der Waals surface area contributed by atoms with Crippen LogP contribution in [0.4, 0.5) is 5.13 Å². The molecule has 1 unspecified atom stereocenters. The molecule has 0 aliphatic rings. The molecule has 152 valence electrons. The van der Waals surface area contributed by atoms with Gasteiger partial charge in [0.05, 0.1) is 23.9 Å². The number of carbonyl (C=O) groups is 1. The summed E-state index contributed by atoms with van der Waals surface area (Å²) in [6.07, 6.45) is 4.32. The first kappa shape index (κ1) is 20.9. The Labute approximate surface area is 175 Å². The fourth-order valence-corrected chi connectivity index (χ4v) is 3.84. The molecule has 6 heteroatoms. The maximum atomic E-state index is 12.3. The molecule has 1 aromatic heterocycles. The SMILES string of the molecule is CCOc1ccc(/C=C/C(=O)Nc2nc3ccc(C(C)CC)cc3s2)cc1OC. The summed E-state index contributed by atoms with van der Waals surface area (Å²) in [6.45, 7) is 6.88. The fraction of sp³-hybridized carbons (Fsp3) is 0.304. The maximum Gasteiger partial charge on any atom is 0.250 e. The number of rotatable bonds is 8. The van der Waals surface area contributed by atoms with E-state index in [-0.39, 0.29) is 5.91 Å². The van der Waals surface area contributed by atoms with Gasteiger partial charge in [-0.1, -0.05) is 37.3 Å². The zero-order valence-electron chi connectivity index (χ0n) is 17.2. The number of nitrogens with zero attached hydrogens (tertiary/aromatic N) is 1. The molecule has 0 bridgehead atoms. The van der Waals surface area contributed by atoms with Crippen molar-refractivity contribution < 1.29 is 14.3 Å². The first-order valence-electron chi connectivity index (χ1n) is 9.74. The van der Waals surface area contributed by atoms with Crippen LogP contribution in [0.5, 0.6) is 11.5 Å². The number of methoxy groups -OCH3 is 1. The van der Waals surface area contributed by atoms with E-state index in [9.17, 15) is 4.79 Å². The van der Waals surface area contributed by atoms with Gasteiger partial charge in [0.1, 0.15) is 0 Å². The Kier molecular flexibility index (Phi) is 6.88. The van der Waals surface area contributed by atoms with Crippen LogP contribution >= 0.6 is 11.3 Å². The lowest BCUT2D eigenvalue weighted by atomic mass is 9.99. The number of thiazole rings is 1. The summed E-state index contributed by atoms with van der Waals surface area (Å²) in [5, 5.41) is 3.45. The molecule has 0 aliphatic heterocycles. The zero-order valence-corrected chi connectivity index (χ0v) is 18.0. The van der Waals surface area contributed by atoms with Gasteiger partial charge in [0.25, 0.3) is 0 Å². The molecule has 5 nitrogen and oxygen atoms in total. The lowest BCUT2D eigenvalue weighted by Gasteiger charge is -2.09. The van der Waals surface area contributed by atoms with E-state index in [2.05, 4.69) is 36.3 Å². The minimum atomic E-state index is -0.223. The second-order valence-corrected chi connectivity index (χ2v) is 7.75. The molecular weight excluding hydrogens is 384 g/mol. The Hall–Kier alpha value is -2.86. The number of benzene rings is 2. The monoisotopic (exact) mass is 410 g/mol. The Bertz CT molecular complexity index is 1030. The standard InChI is InChI=1S/C23H26N2O3S/c1-5-15(3)17-9-10-18-21(14-17)29-23(24-18)25-22(26)12-8-16-7-11-19(28-6-2)20(13-16)27-4/h7-15H,5-6H2,1-4H3,(H,24,25,26)/b12-8+. The summed E-state index contributed by atoms with van der Waals surface area (Å²) in [6, 6.07) is 11.8. The Morgan fingerprint density at radius 3 is 2.76 bits per heavy atom. The highest BCUT2D eigenvalue weighted by atomic mass is 32.1. The number of hydrogen-bond acceptors (Lipinski definition) is 5. The highest BCUT2D eigenvalue weighted by Gasteiger charge is 2.09. The van der Waals surface area contributed by atoms with Crippen LogP contribution < -0.4 is 14.8 Å². The van der Waals surface area contributed by atoms with E-state index in [1.165, 1.54) is 23.0 Å². The van der Waals surface area contributed by atoms with Gasteiger partial charge < -0.3 is 9.47 Å². The van der Waals surface area contributed by atoms with E-state index in [0.29, 0.717) is 29.2 Å². The van der Waals surface area contributed by atoms with E-state index in [1.54, 1.807) is 13.2 Å². The molecule has 1 atom stereocenters. The molecule has 0 saturated carbocycles. The number of nitrogens with one attached hydrogen (secondary N) is 1. The summed E-state index contributed by atoms with van der Waals surface area (Å²) in [5.74, 6) is 1.60. The summed E-state index contributed by atoms with van der Waals surface area (Å²) in [4.78, 5) is 16.8. The third kappa shape index (κ3) is 5.15. The molecule has 3 rings (SSSR count). The highest BCUT2D eigenvalue weighted by Crippen LogP contribution is 2.30. The van der Waals surface area contributed by atoms with E-state index in [1.807, 2.05) is 31.2 Å². The number of amides is 1. The van der Waals surface area contributed by atoms with Crippen molar-refractivity contribution in [3.63, 3.8) is 0 Å². The Balaban J connectivity index is 1.70. The predicted octanol–water partition coefficient (Wildman–Crippen LogP) is 5.87. The van der Waals surface area contributed by atoms with Gasteiger partial charge in [-0.25, -0.2) is 4.98 Å². The van der Waals surface area contributed by atoms with Crippen molar-refractivity contribution in [2.45, 2.75) is 33.1 Å². The van der Waals surface area contributed by atoms with Crippen molar-refractivity contribution in [3.8, 4) is 11.5 Å². The van der Waals surface area contributed by atoms with Crippen LogP contribution in [0.1, 0.15) is 44.2 Å². The van der Waals surface area contributed by atoms with E-state index < -0.39 is 0 Å². The van der Waals surface area contributed by atoms with Crippen LogP contribution in [0.25, 0.3) is 16.3 Å². The van der Waals surface area contributed by atoms with Crippen molar-refractivity contribution >= 4 is 38.7 Å². The number of ether oxygens (including phenoxy) is 2. The quantitative estimate of drug-likeness (QED) is 0.472. The van der Waals surface area contributed by atoms with Gasteiger partial charge in [-0.05, 0) is 60.7 Å². The number of aromatic nitrogens is 1. The Morgan fingerprint density at radius 2 is 2.03 bits per heavy atom. The average Bonchev–Trinajstić information content (AvgIpc) is 3.13. The van der Waals surface area contributed by atoms with Crippen LogP contribution in [0.15, 0.2) is 42.5 Å². The molecule has 1 N–H and O–H groups in total. The molecule has 0 radical (unpaired) electrons. The van der Waals surface area contributed by atoms with Gasteiger partial charge in [-0.3, -0.25) is 10.1 Å². The molecule has 0 fully saturated rings. The van der Waals surface area contributed by atoms with Gasteiger partial charge >= 0.3 is 0 Å². The summed E-state index contributed by atoms with van der Waals surface area (Å²) in [7, 11) is 1.60. The minimum Gasteiger partial charge on any atom is -0.493 e. The first-order chi connectivity index (χ1) is 14.0. The second kappa shape index (κ2) is 9.56. The predicted molar refractivity (Wildman–Crippen MR) is 120 cm³/mol. The van der Waals surface area contributed by atoms with Crippen molar-refractivity contribution in [1.29, 1.82) is 0 Å². The largest absolute Gasteiger partial charge is 0.493 e. The van der Waals surface area contributed by atoms with Gasteiger partial charge in [0.15, 0.2) is 16.6 Å². The summed E-state index contributed by atoms with van der Waals surface area (Å²) in [5.41, 5.74) is 3.05. The number of carbonyl (C=O) groups excluding carboxylic acids is 1. The summed E-state index contributed by atoms with van der Waals surface area (Å²) >= 11 is 1.49. The Morgan fingerprint density at radius 1 is 1.21 bits per heavy atom. The van der Waals surface area contributed by atoms with Crippen molar-refractivity contribution in [2.75, 3.05) is 19.0 Å². The smallest absolute Gasteiger partial charge is 0.250 e. The highest BCUT2D eigenvalue weighted by molar-refractivity contribution is 7.22. The third-order valence-electron chi connectivity index (χ3n) is 4.74. The molecule has 1 heterocycles. The maximum absolute atomic E-state index is 12.3. The van der Waals surface area contributed by atoms with Crippen LogP contribution in [-0.2, 0) is 4.79 Å². The van der Waals surface area contributed by atoms with E-state index >= 15 is 0 Å². The number of anilines is 1. The molecule has 1 amide bonds. The molecular formula is C23H26N2O3S. The molecule has 2 aromatic carbocycles. The average molecular weight is 411 g/mol. The van der Waals surface area contributed by atoms with Crippen LogP contribution in [0.2, 0.25) is 0 Å². The third-order valence-corrected chi connectivity index (χ3v) is 5.67. The fourth-order valence-electron chi connectivity index (χ4n) is 2.92. The first-order valence-corrected chi connectivity index (χ1v) is 10.6. The molecule has 29 heavy (non-hydrogen) atoms. The minimum absolute atomic E-state index is 0.223. The van der Waals surface area contributed by atoms with Crippen molar-refractivity contribution in [2.24, 2.45) is 0 Å². The normalized spacial score (nSPS) is 12.3. The van der Waals surface area contributed by atoms with Gasteiger partial charge in [-0.2, -0.15) is 0 Å². The topological polar surface area (TPSA) is 60.5 Å². The number of fused-ring (bicyclic) bond motifs is 1. The lowest BCUT2D eigenvalue weighted by Crippen LogP contribution is -2.07. The second-order valence-electron chi connectivity index (χ2n) is 6.72. The molecule has 0 spiro atoms. The molecule has 3 aromatic rings. The zero-order chi connectivity index (χ0) is 20.8.